The second-order valence-electron chi connectivity index (χ2n) is 14.8. The zero-order valence-corrected chi connectivity index (χ0v) is 31.7. The molecule has 57 heavy (non-hydrogen) atoms. The predicted molar refractivity (Wildman–Crippen MR) is 244 cm³/mol. The topological polar surface area (TPSA) is 9.86 Å². The molecular formula is C54H34N2S. The van der Waals surface area contributed by atoms with E-state index in [4.69, 9.17) is 0 Å². The molecule has 0 saturated heterocycles. The van der Waals surface area contributed by atoms with Gasteiger partial charge in [0.1, 0.15) is 0 Å². The molecule has 0 aliphatic heterocycles. The van der Waals surface area contributed by atoms with Crippen molar-refractivity contribution in [2.24, 2.45) is 0 Å². The van der Waals surface area contributed by atoms with Gasteiger partial charge in [0.2, 0.25) is 0 Å². The van der Waals surface area contributed by atoms with E-state index in [0.717, 1.165) is 5.69 Å². The standard InChI is InChI=1S/C54H34N2S/c1-2-16-35(17-3-1)38-18-4-5-19-39(38)40-20-6-7-21-41(40)47-33-37(56-51-28-14-10-24-44(51)45-25-11-15-29-52(45)56)34-48-46-32-36(30-31-53(46)57-54(47)48)55-49-26-12-8-22-42(49)43-23-9-13-27-50(43)55/h1-34H. The summed E-state index contributed by atoms with van der Waals surface area (Å²) in [5.74, 6) is 0. The molecule has 266 valence electrons. The molecule has 2 nitrogen and oxygen atoms in total. The molecule has 12 rings (SSSR count). The van der Waals surface area contributed by atoms with Crippen molar-refractivity contribution in [3.63, 3.8) is 0 Å². The summed E-state index contributed by atoms with van der Waals surface area (Å²) in [4.78, 5) is 0. The largest absolute Gasteiger partial charge is 0.309 e. The lowest BCUT2D eigenvalue weighted by Gasteiger charge is -2.17. The Balaban J connectivity index is 1.18. The van der Waals surface area contributed by atoms with Crippen LogP contribution in [-0.2, 0) is 0 Å². The third-order valence-corrected chi connectivity index (χ3v) is 13.0. The van der Waals surface area contributed by atoms with Gasteiger partial charge in [-0.15, -0.1) is 11.3 Å². The molecule has 0 saturated carbocycles. The van der Waals surface area contributed by atoms with Crippen molar-refractivity contribution in [2.75, 3.05) is 0 Å². The third kappa shape index (κ3) is 4.89. The minimum Gasteiger partial charge on any atom is -0.309 e. The summed E-state index contributed by atoms with van der Waals surface area (Å²) in [6.07, 6.45) is 0. The van der Waals surface area contributed by atoms with E-state index in [1.807, 2.05) is 11.3 Å². The van der Waals surface area contributed by atoms with Crippen molar-refractivity contribution < 1.29 is 0 Å². The molecule has 0 aliphatic rings. The Morgan fingerprint density at radius 1 is 0.281 bits per heavy atom. The average molecular weight is 743 g/mol. The van der Waals surface area contributed by atoms with Crippen LogP contribution in [0.3, 0.4) is 0 Å². The normalized spacial score (nSPS) is 11.9. The minimum atomic E-state index is 1.16. The van der Waals surface area contributed by atoms with Crippen LogP contribution < -0.4 is 0 Å². The molecule has 0 radical (unpaired) electrons. The van der Waals surface area contributed by atoms with Gasteiger partial charge in [-0.3, -0.25) is 0 Å². The third-order valence-electron chi connectivity index (χ3n) is 11.7. The highest BCUT2D eigenvalue weighted by molar-refractivity contribution is 7.26. The van der Waals surface area contributed by atoms with Crippen LogP contribution in [0.2, 0.25) is 0 Å². The number of hydrogen-bond acceptors (Lipinski definition) is 1. The van der Waals surface area contributed by atoms with Gasteiger partial charge in [-0.2, -0.15) is 0 Å². The fourth-order valence-corrected chi connectivity index (χ4v) is 10.5. The van der Waals surface area contributed by atoms with Gasteiger partial charge in [0.25, 0.3) is 0 Å². The number of hydrogen-bond donors (Lipinski definition) is 0. The molecule has 0 amide bonds. The number of rotatable bonds is 5. The lowest BCUT2D eigenvalue weighted by molar-refractivity contribution is 1.18. The molecule has 0 bridgehead atoms. The van der Waals surface area contributed by atoms with Crippen molar-refractivity contribution in [1.82, 2.24) is 9.13 Å². The van der Waals surface area contributed by atoms with E-state index in [2.05, 4.69) is 215 Å². The Labute approximate surface area is 333 Å². The zero-order chi connectivity index (χ0) is 37.5. The molecule has 0 atom stereocenters. The van der Waals surface area contributed by atoms with Gasteiger partial charge in [-0.25, -0.2) is 0 Å². The van der Waals surface area contributed by atoms with E-state index in [0.29, 0.717) is 0 Å². The SMILES string of the molecule is c1ccc(-c2ccccc2-c2ccccc2-c2cc(-n3c4ccccc4c4ccccc43)cc3c2sc2ccc(-n4c5ccccc5c5ccccc54)cc23)cc1. The van der Waals surface area contributed by atoms with Crippen LogP contribution in [0.4, 0.5) is 0 Å². The van der Waals surface area contributed by atoms with Crippen molar-refractivity contribution >= 4 is 75.1 Å². The average Bonchev–Trinajstić information content (AvgIpc) is 3.94. The molecule has 9 aromatic carbocycles. The fourth-order valence-electron chi connectivity index (χ4n) is 9.26. The molecule has 3 aromatic heterocycles. The van der Waals surface area contributed by atoms with Crippen LogP contribution in [0, 0.1) is 0 Å². The molecular weight excluding hydrogens is 709 g/mol. The lowest BCUT2D eigenvalue weighted by atomic mass is 9.89. The highest BCUT2D eigenvalue weighted by atomic mass is 32.1. The molecule has 0 spiro atoms. The summed E-state index contributed by atoms with van der Waals surface area (Å²) in [5, 5.41) is 7.59. The zero-order valence-electron chi connectivity index (χ0n) is 30.9. The van der Waals surface area contributed by atoms with Gasteiger partial charge >= 0.3 is 0 Å². The maximum Gasteiger partial charge on any atom is 0.0541 e. The maximum absolute atomic E-state index is 2.47. The molecule has 0 aliphatic carbocycles. The van der Waals surface area contributed by atoms with E-state index < -0.39 is 0 Å². The molecule has 0 N–H and O–H groups in total. The second-order valence-corrected chi connectivity index (χ2v) is 15.9. The first-order valence-corrected chi connectivity index (χ1v) is 20.3. The monoisotopic (exact) mass is 742 g/mol. The quantitative estimate of drug-likeness (QED) is 0.166. The summed E-state index contributed by atoms with van der Waals surface area (Å²) >= 11 is 1.90. The first-order chi connectivity index (χ1) is 28.3. The Morgan fingerprint density at radius 3 is 1.26 bits per heavy atom. The van der Waals surface area contributed by atoms with Gasteiger partial charge in [0.05, 0.1) is 22.1 Å². The summed E-state index contributed by atoms with van der Waals surface area (Å²) in [6.45, 7) is 0. The van der Waals surface area contributed by atoms with Crippen LogP contribution in [0.15, 0.2) is 206 Å². The Bertz CT molecular complexity index is 3420. The number of thiophene rings is 1. The van der Waals surface area contributed by atoms with E-state index in [-0.39, 0.29) is 0 Å². The van der Waals surface area contributed by atoms with Crippen LogP contribution in [0.5, 0.6) is 0 Å². The van der Waals surface area contributed by atoms with E-state index in [1.54, 1.807) is 0 Å². The van der Waals surface area contributed by atoms with E-state index in [9.17, 15) is 0 Å². The smallest absolute Gasteiger partial charge is 0.0541 e. The Morgan fingerprint density at radius 2 is 0.702 bits per heavy atom. The maximum atomic E-state index is 2.47. The van der Waals surface area contributed by atoms with Crippen molar-refractivity contribution in [2.45, 2.75) is 0 Å². The summed E-state index contributed by atoms with van der Waals surface area (Å²) < 4.78 is 7.46. The van der Waals surface area contributed by atoms with Crippen molar-refractivity contribution in [3.8, 4) is 44.8 Å². The van der Waals surface area contributed by atoms with Crippen LogP contribution >= 0.6 is 11.3 Å². The van der Waals surface area contributed by atoms with Crippen LogP contribution in [0.1, 0.15) is 0 Å². The summed E-state index contributed by atoms with van der Waals surface area (Å²) in [5.41, 5.74) is 14.5. The van der Waals surface area contributed by atoms with Gasteiger partial charge in [0.15, 0.2) is 0 Å². The molecule has 12 aromatic rings. The lowest BCUT2D eigenvalue weighted by Crippen LogP contribution is -1.96. The fraction of sp³-hybridized carbons (Fsp3) is 0. The molecule has 3 heteroatoms. The van der Waals surface area contributed by atoms with E-state index in [1.165, 1.54) is 103 Å². The van der Waals surface area contributed by atoms with Gasteiger partial charge in [-0.05, 0) is 82.4 Å². The number of para-hydroxylation sites is 4. The predicted octanol–water partition coefficient (Wildman–Crippen LogP) is 15.2. The number of nitrogens with zero attached hydrogens (tertiary/aromatic N) is 2. The molecule has 0 fully saturated rings. The second kappa shape index (κ2) is 12.7. The van der Waals surface area contributed by atoms with Crippen molar-refractivity contribution in [1.29, 1.82) is 0 Å². The summed E-state index contributed by atoms with van der Waals surface area (Å²) in [6, 6.07) is 75.7. The Kier molecular flexibility index (Phi) is 7.13. The van der Waals surface area contributed by atoms with Crippen molar-refractivity contribution in [3.05, 3.63) is 206 Å². The van der Waals surface area contributed by atoms with Gasteiger partial charge in [0, 0.05) is 58.7 Å². The van der Waals surface area contributed by atoms with E-state index >= 15 is 0 Å². The molecule has 3 heterocycles. The first-order valence-electron chi connectivity index (χ1n) is 19.5. The number of fused-ring (bicyclic) bond motifs is 9. The first kappa shape index (κ1) is 32.1. The number of aromatic nitrogens is 2. The highest BCUT2D eigenvalue weighted by Gasteiger charge is 2.21. The van der Waals surface area contributed by atoms with Gasteiger partial charge in [-0.1, -0.05) is 152 Å². The van der Waals surface area contributed by atoms with Crippen LogP contribution in [0.25, 0.3) is 109 Å². The van der Waals surface area contributed by atoms with Gasteiger partial charge < -0.3 is 9.13 Å². The summed E-state index contributed by atoms with van der Waals surface area (Å²) in [7, 11) is 0. The molecule has 0 unspecified atom stereocenters. The minimum absolute atomic E-state index is 1.16. The highest BCUT2D eigenvalue weighted by Crippen LogP contribution is 2.47. The Hall–Kier alpha value is -7.20. The number of benzene rings is 9. The van der Waals surface area contributed by atoms with Crippen LogP contribution in [-0.4, -0.2) is 9.13 Å².